The van der Waals surface area contributed by atoms with Gasteiger partial charge >= 0.3 is 20.8 Å². The van der Waals surface area contributed by atoms with Gasteiger partial charge in [0.05, 0.1) is 6.61 Å². The van der Waals surface area contributed by atoms with Crippen LogP contribution in [0, 0.1) is 0 Å². The van der Waals surface area contributed by atoms with Gasteiger partial charge in [-0.3, -0.25) is 9.11 Å². The van der Waals surface area contributed by atoms with Crippen LogP contribution in [0.3, 0.4) is 0 Å². The van der Waals surface area contributed by atoms with Gasteiger partial charge in [-0.05, 0) is 0 Å². The van der Waals surface area contributed by atoms with E-state index in [0.29, 0.717) is 0 Å². The minimum atomic E-state index is -4.93. The Morgan fingerprint density at radius 2 is 1.50 bits per heavy atom. The van der Waals surface area contributed by atoms with Gasteiger partial charge in [0.15, 0.2) is 12.4 Å². The Kier molecular flexibility index (Phi) is 6.63. The van der Waals surface area contributed by atoms with E-state index in [-0.39, 0.29) is 0 Å². The lowest BCUT2D eigenvalue weighted by Gasteiger charge is -2.42. The van der Waals surface area contributed by atoms with Gasteiger partial charge in [0.25, 0.3) is 0 Å². The van der Waals surface area contributed by atoms with Gasteiger partial charge in [0.2, 0.25) is 0 Å². The molecule has 1 aliphatic heterocycles. The second-order valence-corrected chi connectivity index (χ2v) is 6.31. The zero-order chi connectivity index (χ0) is 17.1. The minimum absolute atomic E-state index is 0.743. The van der Waals surface area contributed by atoms with Crippen LogP contribution in [-0.2, 0) is 43.4 Å². The van der Waals surface area contributed by atoms with E-state index in [1.54, 1.807) is 0 Å². The third-order valence-corrected chi connectivity index (χ3v) is 3.67. The van der Waals surface area contributed by atoms with Crippen molar-refractivity contribution in [2.24, 2.45) is 0 Å². The van der Waals surface area contributed by atoms with Crippen molar-refractivity contribution in [3.8, 4) is 0 Å². The van der Waals surface area contributed by atoms with E-state index in [0.717, 1.165) is 7.11 Å². The van der Waals surface area contributed by atoms with Crippen LogP contribution in [0.1, 0.15) is 0 Å². The average molecular weight is 368 g/mol. The molecule has 0 aliphatic carbocycles. The Morgan fingerprint density at radius 1 is 0.955 bits per heavy atom. The first kappa shape index (κ1) is 19.6. The van der Waals surface area contributed by atoms with Crippen LogP contribution in [0.2, 0.25) is 0 Å². The number of methoxy groups -OCH3 is 2. The molecular weight excluding hydrogens is 352 g/mol. The third kappa shape index (κ3) is 5.65. The van der Waals surface area contributed by atoms with Crippen LogP contribution in [-0.4, -0.2) is 82.6 Å². The van der Waals surface area contributed by atoms with Gasteiger partial charge in [-0.2, -0.15) is 16.8 Å². The van der Waals surface area contributed by atoms with E-state index in [4.69, 9.17) is 23.3 Å². The van der Waals surface area contributed by atoms with Crippen molar-refractivity contribution in [3.63, 3.8) is 0 Å². The molecule has 14 heteroatoms. The summed E-state index contributed by atoms with van der Waals surface area (Å²) in [5.74, 6) is 0. The van der Waals surface area contributed by atoms with Crippen molar-refractivity contribution in [2.75, 3.05) is 20.8 Å². The van der Waals surface area contributed by atoms with Crippen LogP contribution in [0.15, 0.2) is 0 Å². The lowest BCUT2D eigenvalue weighted by molar-refractivity contribution is -0.287. The van der Waals surface area contributed by atoms with Crippen LogP contribution in [0.25, 0.3) is 0 Å². The summed E-state index contributed by atoms with van der Waals surface area (Å²) >= 11 is 0. The first-order valence-electron chi connectivity index (χ1n) is 5.65. The predicted octanol–water partition coefficient (Wildman–Crippen LogP) is -2.26. The van der Waals surface area contributed by atoms with Gasteiger partial charge in [0, 0.05) is 14.2 Å². The van der Waals surface area contributed by atoms with Crippen molar-refractivity contribution >= 4 is 20.8 Å². The molecule has 12 nitrogen and oxygen atoms in total. The highest BCUT2D eigenvalue weighted by Crippen LogP contribution is 2.27. The van der Waals surface area contributed by atoms with E-state index >= 15 is 0 Å². The fourth-order valence-electron chi connectivity index (χ4n) is 1.98. The number of ether oxygens (including phenoxy) is 3. The third-order valence-electron chi connectivity index (χ3n) is 2.77. The van der Waals surface area contributed by atoms with Crippen LogP contribution in [0.4, 0.5) is 0 Å². The van der Waals surface area contributed by atoms with Crippen LogP contribution < -0.4 is 0 Å². The molecule has 1 heterocycles. The second-order valence-electron chi connectivity index (χ2n) is 4.17. The maximum atomic E-state index is 10.8. The zero-order valence-corrected chi connectivity index (χ0v) is 13.1. The van der Waals surface area contributed by atoms with Crippen molar-refractivity contribution in [1.82, 2.24) is 0 Å². The van der Waals surface area contributed by atoms with Crippen molar-refractivity contribution in [3.05, 3.63) is 0 Å². The summed E-state index contributed by atoms with van der Waals surface area (Å²) in [6, 6.07) is 0. The summed E-state index contributed by atoms with van der Waals surface area (Å²) in [6.07, 6.45) is -7.22. The van der Waals surface area contributed by atoms with Crippen molar-refractivity contribution < 1.29 is 53.6 Å². The van der Waals surface area contributed by atoms with Gasteiger partial charge in [-0.25, -0.2) is 8.37 Å². The van der Waals surface area contributed by atoms with E-state index in [2.05, 4.69) is 8.37 Å². The highest BCUT2D eigenvalue weighted by atomic mass is 32.3. The molecule has 1 saturated heterocycles. The van der Waals surface area contributed by atoms with Gasteiger partial charge in [-0.1, -0.05) is 0 Å². The Labute approximate surface area is 126 Å². The Hall–Kier alpha value is -0.420. The molecule has 0 aromatic heterocycles. The Bertz CT molecular complexity index is 556. The maximum Gasteiger partial charge on any atom is 0.397 e. The van der Waals surface area contributed by atoms with Gasteiger partial charge in [-0.15, -0.1) is 0 Å². The van der Waals surface area contributed by atoms with Gasteiger partial charge < -0.3 is 19.3 Å². The molecule has 0 unspecified atom stereocenters. The summed E-state index contributed by atoms with van der Waals surface area (Å²) in [6.45, 7) is -0.743. The topological polar surface area (TPSA) is 175 Å². The monoisotopic (exact) mass is 368 g/mol. The van der Waals surface area contributed by atoms with E-state index in [1.165, 1.54) is 7.11 Å². The van der Waals surface area contributed by atoms with Crippen molar-refractivity contribution in [2.45, 2.75) is 30.7 Å². The minimum Gasteiger partial charge on any atom is -0.376 e. The number of hydrogen-bond acceptors (Lipinski definition) is 10. The molecule has 1 rings (SSSR count). The largest absolute Gasteiger partial charge is 0.397 e. The van der Waals surface area contributed by atoms with E-state index in [1.807, 2.05) is 0 Å². The molecule has 0 spiro atoms. The molecule has 132 valence electrons. The first-order chi connectivity index (χ1) is 9.98. The summed E-state index contributed by atoms with van der Waals surface area (Å²) in [4.78, 5) is 0. The summed E-state index contributed by atoms with van der Waals surface area (Å²) < 4.78 is 83.1. The molecule has 5 atom stereocenters. The van der Waals surface area contributed by atoms with Crippen LogP contribution in [0.5, 0.6) is 0 Å². The first-order valence-corrected chi connectivity index (χ1v) is 8.38. The normalized spacial score (nSPS) is 33.8. The summed E-state index contributed by atoms with van der Waals surface area (Å²) in [5, 5.41) is 9.72. The molecule has 1 aliphatic rings. The molecule has 0 aromatic carbocycles. The SMILES string of the molecule is CO[C@@H]1[C@@H](OS(=O)(=O)O)[C@@H](O)O[C@H](COS(=O)(=O)O)[C@H]1OC. The molecule has 0 aromatic rings. The Morgan fingerprint density at radius 3 is 1.91 bits per heavy atom. The molecule has 0 amide bonds. The summed E-state index contributed by atoms with van der Waals surface area (Å²) in [7, 11) is -7.39. The quantitative estimate of drug-likeness (QED) is 0.412. The highest BCUT2D eigenvalue weighted by Gasteiger charge is 2.49. The molecule has 0 radical (unpaired) electrons. The number of rotatable bonds is 7. The standard InChI is InChI=1S/C8H16O12S2/c1-16-5-4(3-18-21(10,11)12)19-8(9)7(6(5)17-2)20-22(13,14)15/h4-9H,3H2,1-2H3,(H,10,11,12)(H,13,14,15)/t4-,5-,6+,7-,8+/m1/s1. The highest BCUT2D eigenvalue weighted by molar-refractivity contribution is 7.81. The van der Waals surface area contributed by atoms with E-state index < -0.39 is 58.1 Å². The number of aliphatic hydroxyl groups excluding tert-OH is 1. The maximum absolute atomic E-state index is 10.8. The molecule has 0 saturated carbocycles. The molecule has 0 bridgehead atoms. The fourth-order valence-corrected chi connectivity index (χ4v) is 2.77. The predicted molar refractivity (Wildman–Crippen MR) is 66.4 cm³/mol. The van der Waals surface area contributed by atoms with E-state index in [9.17, 15) is 21.9 Å². The fraction of sp³-hybridized carbons (Fsp3) is 1.00. The molecule has 3 N–H and O–H groups in total. The zero-order valence-electron chi connectivity index (χ0n) is 11.4. The lowest BCUT2D eigenvalue weighted by atomic mass is 9.99. The van der Waals surface area contributed by atoms with Crippen molar-refractivity contribution in [1.29, 1.82) is 0 Å². The van der Waals surface area contributed by atoms with Crippen LogP contribution >= 0.6 is 0 Å². The number of aliphatic hydroxyl groups is 1. The lowest BCUT2D eigenvalue weighted by Crippen LogP contribution is -2.61. The molecular formula is C8H16O12S2. The average Bonchev–Trinajstić information content (AvgIpc) is 2.36. The van der Waals surface area contributed by atoms with Gasteiger partial charge in [0.1, 0.15) is 18.3 Å². The summed E-state index contributed by atoms with van der Waals surface area (Å²) in [5.41, 5.74) is 0. The molecule has 1 fully saturated rings. The second kappa shape index (κ2) is 7.43. The molecule has 22 heavy (non-hydrogen) atoms. The Balaban J connectivity index is 2.95. The number of hydrogen-bond donors (Lipinski definition) is 3. The smallest absolute Gasteiger partial charge is 0.376 e.